The number of fused-ring (bicyclic) bond motifs is 1. The lowest BCUT2D eigenvalue weighted by molar-refractivity contribution is 0.592. The topological polar surface area (TPSA) is 83.7 Å². The summed E-state index contributed by atoms with van der Waals surface area (Å²) in [6, 6.07) is 11.8. The van der Waals surface area contributed by atoms with E-state index in [1.165, 1.54) is 6.07 Å². The number of thiophene rings is 1. The molecule has 110 valence electrons. The van der Waals surface area contributed by atoms with E-state index in [1.807, 2.05) is 0 Å². The molecule has 3 aromatic rings. The number of aromatic nitrogens is 2. The first-order valence-electron chi connectivity index (χ1n) is 6.13. The number of nitriles is 1. The molecule has 1 aromatic carbocycles. The molecule has 0 saturated carbocycles. The highest BCUT2D eigenvalue weighted by Crippen LogP contribution is 2.33. The van der Waals surface area contributed by atoms with Gasteiger partial charge in [0.15, 0.2) is 10.4 Å². The third-order valence-electron chi connectivity index (χ3n) is 3.00. The summed E-state index contributed by atoms with van der Waals surface area (Å²) >= 11 is 7.11. The van der Waals surface area contributed by atoms with E-state index in [0.29, 0.717) is 11.0 Å². The standard InChI is InChI=1S/C14H8ClN3O2S2/c15-14-13(17-9-4-1-2-5-10(9)18-14)11(8-16)22(19,20)12-6-3-7-21-12/h1-7,11H. The van der Waals surface area contributed by atoms with E-state index in [9.17, 15) is 13.7 Å². The van der Waals surface area contributed by atoms with Crippen molar-refractivity contribution in [2.24, 2.45) is 0 Å². The first-order valence-corrected chi connectivity index (χ1v) is 8.93. The Morgan fingerprint density at radius 1 is 1.14 bits per heavy atom. The number of hydrogen-bond donors (Lipinski definition) is 0. The van der Waals surface area contributed by atoms with Crippen LogP contribution in [0.25, 0.3) is 11.0 Å². The maximum absolute atomic E-state index is 12.6. The van der Waals surface area contributed by atoms with Crippen LogP contribution in [-0.2, 0) is 9.84 Å². The number of benzene rings is 1. The van der Waals surface area contributed by atoms with Crippen molar-refractivity contribution in [3.8, 4) is 6.07 Å². The minimum atomic E-state index is -3.88. The van der Waals surface area contributed by atoms with Crippen molar-refractivity contribution in [2.45, 2.75) is 9.46 Å². The van der Waals surface area contributed by atoms with Gasteiger partial charge in [-0.2, -0.15) is 5.26 Å². The Bertz CT molecular complexity index is 979. The van der Waals surface area contributed by atoms with E-state index < -0.39 is 15.1 Å². The maximum Gasteiger partial charge on any atom is 0.209 e. The van der Waals surface area contributed by atoms with Gasteiger partial charge in [0.05, 0.1) is 17.1 Å². The molecule has 8 heteroatoms. The van der Waals surface area contributed by atoms with Crippen molar-refractivity contribution < 1.29 is 8.42 Å². The van der Waals surface area contributed by atoms with Gasteiger partial charge in [0, 0.05) is 0 Å². The summed E-state index contributed by atoms with van der Waals surface area (Å²) < 4.78 is 25.3. The quantitative estimate of drug-likeness (QED) is 0.723. The molecule has 0 aliphatic heterocycles. The fourth-order valence-corrected chi connectivity index (χ4v) is 4.82. The summed E-state index contributed by atoms with van der Waals surface area (Å²) in [5, 5.41) is 9.42. The Morgan fingerprint density at radius 2 is 1.82 bits per heavy atom. The average Bonchev–Trinajstić information content (AvgIpc) is 3.03. The van der Waals surface area contributed by atoms with E-state index in [0.717, 1.165) is 11.3 Å². The van der Waals surface area contributed by atoms with Gasteiger partial charge in [0.1, 0.15) is 9.90 Å². The molecule has 2 heterocycles. The largest absolute Gasteiger partial charge is 0.245 e. The predicted molar refractivity (Wildman–Crippen MR) is 84.4 cm³/mol. The third-order valence-corrected chi connectivity index (χ3v) is 6.58. The fraction of sp³-hybridized carbons (Fsp3) is 0.0714. The number of sulfone groups is 1. The van der Waals surface area contributed by atoms with Crippen LogP contribution in [0.2, 0.25) is 5.15 Å². The normalized spacial score (nSPS) is 12.9. The van der Waals surface area contributed by atoms with Crippen molar-refractivity contribution in [3.05, 3.63) is 52.6 Å². The van der Waals surface area contributed by atoms with Gasteiger partial charge in [0.2, 0.25) is 9.84 Å². The van der Waals surface area contributed by atoms with Gasteiger partial charge < -0.3 is 0 Å². The lowest BCUT2D eigenvalue weighted by Gasteiger charge is -2.11. The zero-order valence-electron chi connectivity index (χ0n) is 11.0. The van der Waals surface area contributed by atoms with Crippen LogP contribution in [0.3, 0.4) is 0 Å². The van der Waals surface area contributed by atoms with Crippen LogP contribution in [0.5, 0.6) is 0 Å². The van der Waals surface area contributed by atoms with Gasteiger partial charge in [-0.3, -0.25) is 0 Å². The second-order valence-electron chi connectivity index (χ2n) is 4.37. The highest BCUT2D eigenvalue weighted by atomic mass is 35.5. The van der Waals surface area contributed by atoms with E-state index in [4.69, 9.17) is 11.6 Å². The second-order valence-corrected chi connectivity index (χ2v) is 7.94. The Balaban J connectivity index is 2.20. The van der Waals surface area contributed by atoms with Gasteiger partial charge in [-0.05, 0) is 23.6 Å². The van der Waals surface area contributed by atoms with Crippen LogP contribution in [0.4, 0.5) is 0 Å². The molecule has 1 atom stereocenters. The highest BCUT2D eigenvalue weighted by molar-refractivity contribution is 7.93. The van der Waals surface area contributed by atoms with Crippen LogP contribution in [-0.4, -0.2) is 18.4 Å². The van der Waals surface area contributed by atoms with Gasteiger partial charge in [0.25, 0.3) is 0 Å². The molecule has 22 heavy (non-hydrogen) atoms. The zero-order chi connectivity index (χ0) is 15.7. The van der Waals surface area contributed by atoms with E-state index in [-0.39, 0.29) is 15.1 Å². The summed E-state index contributed by atoms with van der Waals surface area (Å²) in [5.41, 5.74) is 0.987. The summed E-state index contributed by atoms with van der Waals surface area (Å²) in [4.78, 5) is 8.36. The average molecular weight is 350 g/mol. The van der Waals surface area contributed by atoms with Crippen LogP contribution in [0.1, 0.15) is 10.9 Å². The predicted octanol–water partition coefficient (Wildman–Crippen LogP) is 3.38. The number of rotatable bonds is 3. The molecule has 0 spiro atoms. The lowest BCUT2D eigenvalue weighted by atomic mass is 10.2. The first-order chi connectivity index (χ1) is 10.5. The molecule has 5 nitrogen and oxygen atoms in total. The summed E-state index contributed by atoms with van der Waals surface area (Å²) in [5.74, 6) is 0. The summed E-state index contributed by atoms with van der Waals surface area (Å²) in [7, 11) is -3.88. The number of para-hydroxylation sites is 2. The van der Waals surface area contributed by atoms with E-state index >= 15 is 0 Å². The molecule has 0 saturated heterocycles. The lowest BCUT2D eigenvalue weighted by Crippen LogP contribution is -2.14. The molecule has 0 fully saturated rings. The number of hydrogen-bond acceptors (Lipinski definition) is 6. The van der Waals surface area contributed by atoms with Crippen LogP contribution >= 0.6 is 22.9 Å². The highest BCUT2D eigenvalue weighted by Gasteiger charge is 2.33. The summed E-state index contributed by atoms with van der Waals surface area (Å²) in [6.45, 7) is 0. The van der Waals surface area contributed by atoms with Crippen LogP contribution < -0.4 is 0 Å². The Kier molecular flexibility index (Phi) is 3.83. The van der Waals surface area contributed by atoms with Crippen LogP contribution in [0.15, 0.2) is 46.0 Å². The molecule has 0 radical (unpaired) electrons. The third kappa shape index (κ3) is 2.46. The monoisotopic (exact) mass is 349 g/mol. The molecule has 3 rings (SSSR count). The van der Waals surface area contributed by atoms with Crippen molar-refractivity contribution in [3.63, 3.8) is 0 Å². The summed E-state index contributed by atoms with van der Waals surface area (Å²) in [6.07, 6.45) is 0. The second kappa shape index (κ2) is 5.65. The maximum atomic E-state index is 12.6. The van der Waals surface area contributed by atoms with Crippen molar-refractivity contribution >= 4 is 43.8 Å². The first kappa shape index (κ1) is 14.9. The Morgan fingerprint density at radius 3 is 2.41 bits per heavy atom. The van der Waals surface area contributed by atoms with Crippen LogP contribution in [0, 0.1) is 11.3 Å². The SMILES string of the molecule is N#CC(c1nc2ccccc2nc1Cl)S(=O)(=O)c1cccs1. The molecular formula is C14H8ClN3O2S2. The minimum Gasteiger partial charge on any atom is -0.245 e. The van der Waals surface area contributed by atoms with Gasteiger partial charge in [-0.1, -0.05) is 29.8 Å². The van der Waals surface area contributed by atoms with Crippen molar-refractivity contribution in [1.82, 2.24) is 9.97 Å². The van der Waals surface area contributed by atoms with Crippen molar-refractivity contribution in [1.29, 1.82) is 5.26 Å². The Labute approximate surface area is 135 Å². The van der Waals surface area contributed by atoms with Gasteiger partial charge in [-0.15, -0.1) is 11.3 Å². The molecule has 1 unspecified atom stereocenters. The van der Waals surface area contributed by atoms with E-state index in [2.05, 4.69) is 9.97 Å². The molecular weight excluding hydrogens is 342 g/mol. The molecule has 2 aromatic heterocycles. The van der Waals surface area contributed by atoms with Crippen molar-refractivity contribution in [2.75, 3.05) is 0 Å². The molecule has 0 aliphatic carbocycles. The van der Waals surface area contributed by atoms with E-state index in [1.54, 1.807) is 41.8 Å². The van der Waals surface area contributed by atoms with Gasteiger partial charge >= 0.3 is 0 Å². The smallest absolute Gasteiger partial charge is 0.209 e. The fourth-order valence-electron chi connectivity index (χ4n) is 1.98. The molecule has 0 N–H and O–H groups in total. The van der Waals surface area contributed by atoms with Gasteiger partial charge in [-0.25, -0.2) is 18.4 Å². The number of halogens is 1. The molecule has 0 amide bonds. The zero-order valence-corrected chi connectivity index (χ0v) is 13.4. The number of nitrogens with zero attached hydrogens (tertiary/aromatic N) is 3. The minimum absolute atomic E-state index is 0.0451. The Hall–Kier alpha value is -2.01. The molecule has 0 bridgehead atoms. The molecule has 0 aliphatic rings.